The molecule has 0 aliphatic heterocycles. The maximum absolute atomic E-state index is 10.6. The van der Waals surface area contributed by atoms with Gasteiger partial charge in [0.2, 0.25) is 0 Å². The zero-order chi connectivity index (χ0) is 8.43. The summed E-state index contributed by atoms with van der Waals surface area (Å²) in [5.41, 5.74) is 1.10. The Morgan fingerprint density at radius 2 is 2.27 bits per heavy atom. The molecule has 2 unspecified atom stereocenters. The molecule has 1 fully saturated rings. The van der Waals surface area contributed by atoms with Gasteiger partial charge in [0.05, 0.1) is 5.92 Å². The maximum Gasteiger partial charge on any atom is 0.306 e. The Kier molecular flexibility index (Phi) is 2.32. The van der Waals surface area contributed by atoms with Gasteiger partial charge in [0.1, 0.15) is 0 Å². The molecule has 62 valence electrons. The Morgan fingerprint density at radius 3 is 2.73 bits per heavy atom. The molecule has 0 bridgehead atoms. The smallest absolute Gasteiger partial charge is 0.306 e. The van der Waals surface area contributed by atoms with Crippen molar-refractivity contribution < 1.29 is 9.90 Å². The van der Waals surface area contributed by atoms with Gasteiger partial charge in [0.15, 0.2) is 0 Å². The van der Waals surface area contributed by atoms with Gasteiger partial charge in [-0.25, -0.2) is 0 Å². The highest BCUT2D eigenvalue weighted by Gasteiger charge is 2.25. The van der Waals surface area contributed by atoms with Crippen molar-refractivity contribution in [1.29, 1.82) is 0 Å². The predicted octanol–water partition coefficient (Wildman–Crippen LogP) is 2.06. The van der Waals surface area contributed by atoms with E-state index in [4.69, 9.17) is 5.11 Å². The lowest BCUT2D eigenvalue weighted by Crippen LogP contribution is -2.21. The minimum Gasteiger partial charge on any atom is -0.481 e. The molecule has 1 aliphatic carbocycles. The fourth-order valence-corrected chi connectivity index (χ4v) is 1.49. The molecule has 0 heterocycles. The lowest BCUT2D eigenvalue weighted by Gasteiger charge is -2.25. The van der Waals surface area contributed by atoms with Crippen LogP contribution in [0.25, 0.3) is 0 Å². The standard InChI is InChI=1S/C9H14O2/c1-6-3-4-8(9(10)11)5-7(6)2/h6,8H,2-5H2,1H3,(H,10,11). The lowest BCUT2D eigenvalue weighted by molar-refractivity contribution is -0.142. The van der Waals surface area contributed by atoms with Gasteiger partial charge < -0.3 is 5.11 Å². The van der Waals surface area contributed by atoms with Crippen molar-refractivity contribution in [2.24, 2.45) is 11.8 Å². The molecule has 2 heteroatoms. The summed E-state index contributed by atoms with van der Waals surface area (Å²) in [5, 5.41) is 8.70. The second kappa shape index (κ2) is 3.07. The first-order valence-corrected chi connectivity index (χ1v) is 4.01. The van der Waals surface area contributed by atoms with Crippen molar-refractivity contribution in [3.8, 4) is 0 Å². The van der Waals surface area contributed by atoms with Crippen molar-refractivity contribution >= 4 is 5.97 Å². The molecule has 0 saturated heterocycles. The molecular weight excluding hydrogens is 140 g/mol. The zero-order valence-electron chi connectivity index (χ0n) is 6.84. The number of carbonyl (C=O) groups is 1. The van der Waals surface area contributed by atoms with Crippen molar-refractivity contribution in [2.75, 3.05) is 0 Å². The van der Waals surface area contributed by atoms with Crippen molar-refractivity contribution in [1.82, 2.24) is 0 Å². The number of carboxylic acids is 1. The molecule has 1 N–H and O–H groups in total. The quantitative estimate of drug-likeness (QED) is 0.587. The topological polar surface area (TPSA) is 37.3 Å². The molecule has 0 radical (unpaired) electrons. The van der Waals surface area contributed by atoms with E-state index in [9.17, 15) is 4.79 Å². The lowest BCUT2D eigenvalue weighted by atomic mass is 9.80. The van der Waals surface area contributed by atoms with Gasteiger partial charge in [0, 0.05) is 0 Å². The molecule has 0 aromatic heterocycles. The molecule has 0 amide bonds. The Hall–Kier alpha value is -0.790. The second-order valence-electron chi connectivity index (χ2n) is 3.38. The number of hydrogen-bond donors (Lipinski definition) is 1. The Balaban J connectivity index is 2.53. The third-order valence-electron chi connectivity index (χ3n) is 2.50. The van der Waals surface area contributed by atoms with Crippen LogP contribution >= 0.6 is 0 Å². The molecule has 0 aromatic carbocycles. The summed E-state index contributed by atoms with van der Waals surface area (Å²) in [4.78, 5) is 10.6. The van der Waals surface area contributed by atoms with E-state index in [1.165, 1.54) is 0 Å². The molecule has 0 aromatic rings. The van der Waals surface area contributed by atoms with E-state index in [-0.39, 0.29) is 5.92 Å². The van der Waals surface area contributed by atoms with Crippen LogP contribution in [0, 0.1) is 11.8 Å². The average Bonchev–Trinajstić information content (AvgIpc) is 1.94. The molecule has 1 rings (SSSR count). The van der Waals surface area contributed by atoms with Crippen LogP contribution in [0.4, 0.5) is 0 Å². The molecule has 2 atom stereocenters. The minimum absolute atomic E-state index is 0.168. The average molecular weight is 154 g/mol. The number of hydrogen-bond acceptors (Lipinski definition) is 1. The summed E-state index contributed by atoms with van der Waals surface area (Å²) in [7, 11) is 0. The van der Waals surface area contributed by atoms with E-state index in [2.05, 4.69) is 13.5 Å². The van der Waals surface area contributed by atoms with E-state index >= 15 is 0 Å². The fourth-order valence-electron chi connectivity index (χ4n) is 1.49. The summed E-state index contributed by atoms with van der Waals surface area (Å²) in [6, 6.07) is 0. The van der Waals surface area contributed by atoms with Gasteiger partial charge in [-0.05, 0) is 25.2 Å². The first-order chi connectivity index (χ1) is 5.11. The molecular formula is C9H14O2. The van der Waals surface area contributed by atoms with Crippen LogP contribution in [0.2, 0.25) is 0 Å². The number of allylic oxidation sites excluding steroid dienone is 1. The van der Waals surface area contributed by atoms with Crippen molar-refractivity contribution in [3.05, 3.63) is 12.2 Å². The summed E-state index contributed by atoms with van der Waals surface area (Å²) < 4.78 is 0. The summed E-state index contributed by atoms with van der Waals surface area (Å²) in [5.74, 6) is -0.317. The van der Waals surface area contributed by atoms with Crippen molar-refractivity contribution in [3.63, 3.8) is 0 Å². The first kappa shape index (κ1) is 8.31. The summed E-state index contributed by atoms with van der Waals surface area (Å²) >= 11 is 0. The SMILES string of the molecule is C=C1CC(C(=O)O)CCC1C. The molecule has 2 nitrogen and oxygen atoms in total. The Bertz CT molecular complexity index is 184. The van der Waals surface area contributed by atoms with E-state index < -0.39 is 5.97 Å². The predicted molar refractivity (Wildman–Crippen MR) is 43.3 cm³/mol. The van der Waals surface area contributed by atoms with Gasteiger partial charge in [-0.2, -0.15) is 0 Å². The highest BCUT2D eigenvalue weighted by Crippen LogP contribution is 2.31. The van der Waals surface area contributed by atoms with Gasteiger partial charge >= 0.3 is 5.97 Å². The number of carboxylic acid groups (broad SMARTS) is 1. The van der Waals surface area contributed by atoms with Crippen molar-refractivity contribution in [2.45, 2.75) is 26.2 Å². The van der Waals surface area contributed by atoms with Gasteiger partial charge in [0.25, 0.3) is 0 Å². The third kappa shape index (κ3) is 1.82. The van der Waals surface area contributed by atoms with E-state index in [1.807, 2.05) is 0 Å². The number of rotatable bonds is 1. The second-order valence-corrected chi connectivity index (χ2v) is 3.38. The van der Waals surface area contributed by atoms with Crippen LogP contribution in [0.3, 0.4) is 0 Å². The largest absolute Gasteiger partial charge is 0.481 e. The highest BCUT2D eigenvalue weighted by atomic mass is 16.4. The van der Waals surface area contributed by atoms with Crippen LogP contribution in [-0.4, -0.2) is 11.1 Å². The molecule has 1 aliphatic rings. The van der Waals surface area contributed by atoms with Crippen LogP contribution in [-0.2, 0) is 4.79 Å². The Morgan fingerprint density at radius 1 is 1.64 bits per heavy atom. The first-order valence-electron chi connectivity index (χ1n) is 4.01. The van der Waals surface area contributed by atoms with E-state index in [1.54, 1.807) is 0 Å². The van der Waals surface area contributed by atoms with Gasteiger partial charge in [-0.15, -0.1) is 0 Å². The van der Waals surface area contributed by atoms with E-state index in [0.29, 0.717) is 12.3 Å². The fraction of sp³-hybridized carbons (Fsp3) is 0.667. The van der Waals surface area contributed by atoms with E-state index in [0.717, 1.165) is 18.4 Å². The highest BCUT2D eigenvalue weighted by molar-refractivity contribution is 5.70. The van der Waals surface area contributed by atoms with Crippen LogP contribution in [0.5, 0.6) is 0 Å². The summed E-state index contributed by atoms with van der Waals surface area (Å²) in [6.45, 7) is 5.98. The third-order valence-corrected chi connectivity index (χ3v) is 2.50. The van der Waals surface area contributed by atoms with Crippen LogP contribution in [0.15, 0.2) is 12.2 Å². The normalized spacial score (nSPS) is 31.9. The monoisotopic (exact) mass is 154 g/mol. The van der Waals surface area contributed by atoms with Gasteiger partial charge in [-0.3, -0.25) is 4.79 Å². The van der Waals surface area contributed by atoms with Crippen LogP contribution in [0.1, 0.15) is 26.2 Å². The minimum atomic E-state index is -0.668. The molecule has 1 saturated carbocycles. The molecule has 11 heavy (non-hydrogen) atoms. The molecule has 0 spiro atoms. The Labute approximate surface area is 66.9 Å². The zero-order valence-corrected chi connectivity index (χ0v) is 6.84. The maximum atomic E-state index is 10.6. The van der Waals surface area contributed by atoms with Crippen LogP contribution < -0.4 is 0 Å². The number of aliphatic carboxylic acids is 1. The summed E-state index contributed by atoms with van der Waals surface area (Å²) in [6.07, 6.45) is 2.47. The van der Waals surface area contributed by atoms with Gasteiger partial charge in [-0.1, -0.05) is 19.1 Å².